The van der Waals surface area contributed by atoms with Crippen molar-refractivity contribution in [2.75, 3.05) is 11.9 Å². The van der Waals surface area contributed by atoms with Crippen LogP contribution in [0.25, 0.3) is 0 Å². The molecule has 0 heterocycles. The van der Waals surface area contributed by atoms with Crippen molar-refractivity contribution in [1.82, 2.24) is 0 Å². The number of para-hydroxylation sites is 1. The minimum atomic E-state index is -0.491. The summed E-state index contributed by atoms with van der Waals surface area (Å²) in [6, 6.07) is 6.66. The van der Waals surface area contributed by atoms with Gasteiger partial charge in [-0.25, -0.2) is 0 Å². The third-order valence-corrected chi connectivity index (χ3v) is 3.39. The number of nitriles is 1. The van der Waals surface area contributed by atoms with E-state index in [0.717, 1.165) is 6.54 Å². The van der Waals surface area contributed by atoms with Crippen molar-refractivity contribution < 1.29 is 4.92 Å². The van der Waals surface area contributed by atoms with E-state index in [0.29, 0.717) is 11.6 Å². The maximum absolute atomic E-state index is 11.0. The van der Waals surface area contributed by atoms with Gasteiger partial charge in [-0.05, 0) is 30.9 Å². The van der Waals surface area contributed by atoms with Crippen LogP contribution in [0.4, 0.5) is 11.4 Å². The first-order valence-corrected chi connectivity index (χ1v) is 6.13. The third-order valence-electron chi connectivity index (χ3n) is 3.39. The fraction of sp³-hybridized carbons (Fsp3) is 0.462. The lowest BCUT2D eigenvalue weighted by molar-refractivity contribution is -0.384. The summed E-state index contributed by atoms with van der Waals surface area (Å²) >= 11 is 0. The molecule has 5 heteroatoms. The van der Waals surface area contributed by atoms with Crippen LogP contribution in [0.15, 0.2) is 18.2 Å². The van der Waals surface area contributed by atoms with Gasteiger partial charge in [0.2, 0.25) is 0 Å². The zero-order valence-electron chi connectivity index (χ0n) is 10.1. The van der Waals surface area contributed by atoms with Crippen molar-refractivity contribution in [1.29, 1.82) is 5.26 Å². The van der Waals surface area contributed by atoms with Gasteiger partial charge in [-0.2, -0.15) is 5.26 Å². The Bertz CT molecular complexity index is 487. The first-order chi connectivity index (χ1) is 8.72. The van der Waals surface area contributed by atoms with Gasteiger partial charge in [-0.1, -0.05) is 18.9 Å². The maximum Gasteiger partial charge on any atom is 0.309 e. The molecule has 5 nitrogen and oxygen atoms in total. The Morgan fingerprint density at radius 3 is 2.78 bits per heavy atom. The van der Waals surface area contributed by atoms with Crippen molar-refractivity contribution in [3.63, 3.8) is 0 Å². The van der Waals surface area contributed by atoms with Gasteiger partial charge in [0.05, 0.1) is 4.92 Å². The topological polar surface area (TPSA) is 79.0 Å². The second kappa shape index (κ2) is 5.50. The first-order valence-electron chi connectivity index (χ1n) is 6.13. The fourth-order valence-corrected chi connectivity index (χ4v) is 2.44. The van der Waals surface area contributed by atoms with Gasteiger partial charge in [0.15, 0.2) is 0 Å². The molecule has 94 valence electrons. The predicted octanol–water partition coefficient (Wildman–Crippen LogP) is 3.07. The van der Waals surface area contributed by atoms with Crippen LogP contribution >= 0.6 is 0 Å². The predicted molar refractivity (Wildman–Crippen MR) is 68.3 cm³/mol. The monoisotopic (exact) mass is 245 g/mol. The fourth-order valence-electron chi connectivity index (χ4n) is 2.44. The second-order valence-corrected chi connectivity index (χ2v) is 4.60. The number of rotatable bonds is 4. The molecule has 1 aliphatic rings. The Kier molecular flexibility index (Phi) is 3.78. The lowest BCUT2D eigenvalue weighted by atomic mass is 10.1. The van der Waals surface area contributed by atoms with E-state index in [4.69, 9.17) is 5.26 Å². The van der Waals surface area contributed by atoms with E-state index in [2.05, 4.69) is 5.32 Å². The summed E-state index contributed by atoms with van der Waals surface area (Å²) in [4.78, 5) is 10.5. The van der Waals surface area contributed by atoms with Gasteiger partial charge in [0.1, 0.15) is 17.3 Å². The lowest BCUT2D eigenvalue weighted by Gasteiger charge is -2.12. The van der Waals surface area contributed by atoms with Gasteiger partial charge >= 0.3 is 5.69 Å². The molecule has 0 unspecified atom stereocenters. The minimum Gasteiger partial charge on any atom is -0.379 e. The SMILES string of the molecule is N#Cc1cccc(NCC2CCCC2)c1[N+](=O)[O-]. The molecule has 0 radical (unpaired) electrons. The highest BCUT2D eigenvalue weighted by Gasteiger charge is 2.21. The quantitative estimate of drug-likeness (QED) is 0.653. The van der Waals surface area contributed by atoms with Crippen LogP contribution in [0.3, 0.4) is 0 Å². The van der Waals surface area contributed by atoms with E-state index in [9.17, 15) is 10.1 Å². The molecular formula is C13H15N3O2. The molecule has 1 fully saturated rings. The van der Waals surface area contributed by atoms with Crippen LogP contribution in [0.2, 0.25) is 0 Å². The Balaban J connectivity index is 2.16. The number of nitrogens with one attached hydrogen (secondary N) is 1. The second-order valence-electron chi connectivity index (χ2n) is 4.60. The minimum absolute atomic E-state index is 0.108. The number of hydrogen-bond acceptors (Lipinski definition) is 4. The van der Waals surface area contributed by atoms with Crippen molar-refractivity contribution in [2.24, 2.45) is 5.92 Å². The summed E-state index contributed by atoms with van der Waals surface area (Å²) < 4.78 is 0. The zero-order valence-corrected chi connectivity index (χ0v) is 10.1. The molecule has 18 heavy (non-hydrogen) atoms. The number of nitro benzene ring substituents is 1. The van der Waals surface area contributed by atoms with Crippen LogP contribution in [0, 0.1) is 27.4 Å². The van der Waals surface area contributed by atoms with Gasteiger partial charge in [0.25, 0.3) is 0 Å². The molecule has 1 N–H and O–H groups in total. The summed E-state index contributed by atoms with van der Waals surface area (Å²) in [6.45, 7) is 0.746. The number of anilines is 1. The Labute approximate surface area is 106 Å². The van der Waals surface area contributed by atoms with Gasteiger partial charge in [-0.15, -0.1) is 0 Å². The molecule has 0 atom stereocenters. The number of hydrogen-bond donors (Lipinski definition) is 1. The number of benzene rings is 1. The summed E-state index contributed by atoms with van der Waals surface area (Å²) in [5.41, 5.74) is 0.445. The maximum atomic E-state index is 11.0. The summed E-state index contributed by atoms with van der Waals surface area (Å²) in [7, 11) is 0. The van der Waals surface area contributed by atoms with Gasteiger partial charge in [0, 0.05) is 6.54 Å². The van der Waals surface area contributed by atoms with Crippen molar-refractivity contribution in [3.05, 3.63) is 33.9 Å². The molecule has 0 amide bonds. The normalized spacial score (nSPS) is 15.3. The van der Waals surface area contributed by atoms with Crippen molar-refractivity contribution >= 4 is 11.4 Å². The van der Waals surface area contributed by atoms with E-state index < -0.39 is 4.92 Å². The molecule has 1 aliphatic carbocycles. The molecule has 2 rings (SSSR count). The van der Waals surface area contributed by atoms with Gasteiger partial charge in [-0.3, -0.25) is 10.1 Å². The average Bonchev–Trinajstić information content (AvgIpc) is 2.88. The first kappa shape index (κ1) is 12.4. The van der Waals surface area contributed by atoms with E-state index >= 15 is 0 Å². The van der Waals surface area contributed by atoms with Crippen LogP contribution in [0.5, 0.6) is 0 Å². The smallest absolute Gasteiger partial charge is 0.309 e. The Morgan fingerprint density at radius 2 is 2.17 bits per heavy atom. The van der Waals surface area contributed by atoms with Crippen LogP contribution in [-0.2, 0) is 0 Å². The molecular weight excluding hydrogens is 230 g/mol. The van der Waals surface area contributed by atoms with Crippen LogP contribution in [-0.4, -0.2) is 11.5 Å². The average molecular weight is 245 g/mol. The summed E-state index contributed by atoms with van der Waals surface area (Å²) in [6.07, 6.45) is 4.84. The van der Waals surface area contributed by atoms with E-state index in [1.165, 1.54) is 31.7 Å². The molecule has 1 aromatic carbocycles. The zero-order chi connectivity index (χ0) is 13.0. The number of nitrogens with zero attached hydrogens (tertiary/aromatic N) is 2. The van der Waals surface area contributed by atoms with Crippen LogP contribution < -0.4 is 5.32 Å². The summed E-state index contributed by atoms with van der Waals surface area (Å²) in [5.74, 6) is 0.593. The lowest BCUT2D eigenvalue weighted by Crippen LogP contribution is -2.12. The van der Waals surface area contributed by atoms with E-state index in [1.54, 1.807) is 12.1 Å². The molecule has 0 saturated heterocycles. The summed E-state index contributed by atoms with van der Waals surface area (Å²) in [5, 5.41) is 23.0. The largest absolute Gasteiger partial charge is 0.379 e. The molecule has 0 aromatic heterocycles. The van der Waals surface area contributed by atoms with Crippen LogP contribution in [0.1, 0.15) is 31.2 Å². The molecule has 0 aliphatic heterocycles. The Hall–Kier alpha value is -2.09. The third kappa shape index (κ3) is 2.59. The molecule has 0 spiro atoms. The highest BCUT2D eigenvalue weighted by atomic mass is 16.6. The van der Waals surface area contributed by atoms with E-state index in [-0.39, 0.29) is 11.3 Å². The standard InChI is InChI=1S/C13H15N3O2/c14-8-11-6-3-7-12(13(11)16(17)18)15-9-10-4-1-2-5-10/h3,6-7,10,15H,1-2,4-5,9H2. The van der Waals surface area contributed by atoms with E-state index in [1.807, 2.05) is 6.07 Å². The van der Waals surface area contributed by atoms with Gasteiger partial charge < -0.3 is 5.32 Å². The molecule has 1 saturated carbocycles. The number of nitro groups is 1. The van der Waals surface area contributed by atoms with Crippen molar-refractivity contribution in [3.8, 4) is 6.07 Å². The molecule has 0 bridgehead atoms. The highest BCUT2D eigenvalue weighted by Crippen LogP contribution is 2.30. The highest BCUT2D eigenvalue weighted by molar-refractivity contribution is 5.68. The molecule has 1 aromatic rings. The Morgan fingerprint density at radius 1 is 1.44 bits per heavy atom. The van der Waals surface area contributed by atoms with Crippen molar-refractivity contribution in [2.45, 2.75) is 25.7 Å².